The summed E-state index contributed by atoms with van der Waals surface area (Å²) in [5, 5.41) is 22.3. The Morgan fingerprint density at radius 1 is 1.00 bits per heavy atom. The van der Waals surface area contributed by atoms with Crippen molar-refractivity contribution in [2.45, 2.75) is 44.5 Å². The minimum atomic E-state index is -1.93. The van der Waals surface area contributed by atoms with E-state index in [9.17, 15) is 24.6 Å². The molecular weight excluding hydrogens is 634 g/mol. The predicted octanol–water partition coefficient (Wildman–Crippen LogP) is 5.01. The van der Waals surface area contributed by atoms with Crippen LogP contribution in [0, 0.1) is 5.92 Å². The summed E-state index contributed by atoms with van der Waals surface area (Å²) >= 11 is 0. The molecule has 0 radical (unpaired) electrons. The molecule has 3 aliphatic heterocycles. The zero-order chi connectivity index (χ0) is 35.0. The summed E-state index contributed by atoms with van der Waals surface area (Å²) in [7, 11) is 1.53. The lowest BCUT2D eigenvalue weighted by Crippen LogP contribution is -2.46. The maximum Gasteiger partial charge on any atom is 0.269 e. The molecule has 0 saturated heterocycles. The van der Waals surface area contributed by atoms with Crippen molar-refractivity contribution in [3.05, 3.63) is 125 Å². The molecule has 4 aromatic rings. The summed E-state index contributed by atoms with van der Waals surface area (Å²) in [6, 6.07) is 27.6. The van der Waals surface area contributed by atoms with Crippen molar-refractivity contribution in [2.24, 2.45) is 5.92 Å². The molecule has 3 atom stereocenters. The van der Waals surface area contributed by atoms with E-state index in [1.54, 1.807) is 52.0 Å². The molecule has 3 heterocycles. The van der Waals surface area contributed by atoms with Crippen LogP contribution >= 0.6 is 0 Å². The largest absolute Gasteiger partial charge is 0.497 e. The second-order valence-electron chi connectivity index (χ2n) is 12.9. The van der Waals surface area contributed by atoms with Crippen LogP contribution in [0.5, 0.6) is 11.5 Å². The molecule has 0 fully saturated rings. The molecule has 7 rings (SSSR count). The van der Waals surface area contributed by atoms with E-state index >= 15 is 0 Å². The van der Waals surface area contributed by atoms with Crippen molar-refractivity contribution in [1.82, 2.24) is 4.90 Å². The number of amides is 3. The molecule has 50 heavy (non-hydrogen) atoms. The van der Waals surface area contributed by atoms with Gasteiger partial charge in [0.2, 0.25) is 5.91 Å². The summed E-state index contributed by atoms with van der Waals surface area (Å²) in [6.45, 7) is 2.09. The molecule has 2 N–H and O–H groups in total. The van der Waals surface area contributed by atoms with Crippen molar-refractivity contribution < 1.29 is 34.1 Å². The van der Waals surface area contributed by atoms with Crippen LogP contribution in [-0.2, 0) is 39.5 Å². The summed E-state index contributed by atoms with van der Waals surface area (Å²) in [6.07, 6.45) is 4.03. The quantitative estimate of drug-likeness (QED) is 0.240. The molecule has 0 aliphatic carbocycles. The molecule has 0 unspecified atom stereocenters. The Kier molecular flexibility index (Phi) is 8.90. The normalized spacial score (nSPS) is 20.3. The van der Waals surface area contributed by atoms with Crippen molar-refractivity contribution >= 4 is 34.8 Å². The van der Waals surface area contributed by atoms with E-state index in [1.807, 2.05) is 72.8 Å². The average molecular weight is 674 g/mol. The fourth-order valence-electron chi connectivity index (χ4n) is 7.24. The van der Waals surface area contributed by atoms with E-state index < -0.39 is 17.4 Å². The number of ether oxygens (including phenoxy) is 2. The molecule has 0 bridgehead atoms. The highest BCUT2D eigenvalue weighted by atomic mass is 16.5. The molecule has 0 aromatic heterocycles. The van der Waals surface area contributed by atoms with Gasteiger partial charge in [-0.25, -0.2) is 0 Å². The molecule has 0 saturated carbocycles. The van der Waals surface area contributed by atoms with Crippen LogP contribution in [0.15, 0.2) is 103 Å². The number of nitrogens with zero attached hydrogens (tertiary/aromatic N) is 3. The number of aliphatic hydroxyl groups is 2. The second kappa shape index (κ2) is 13.5. The fourth-order valence-corrected chi connectivity index (χ4v) is 7.24. The first-order valence-corrected chi connectivity index (χ1v) is 16.7. The number of anilines is 3. The van der Waals surface area contributed by atoms with E-state index in [-0.39, 0.29) is 44.0 Å². The molecule has 10 heteroatoms. The number of aliphatic hydroxyl groups excluding tert-OH is 1. The third kappa shape index (κ3) is 5.80. The van der Waals surface area contributed by atoms with E-state index in [2.05, 4.69) is 0 Å². The van der Waals surface area contributed by atoms with E-state index in [0.29, 0.717) is 47.1 Å². The standard InChI is InChI=1S/C40H39N3O7/c1-26(9-7-16-37(45)41-23-29-12-4-3-11-28(29)20-31(41)24-44)40(48)33-21-32(49-2)17-18-34(33)42(39(40)47)22-27-10-8-13-30(19-27)43-35-14-5-6-15-36(35)50-25-38(43)46/h3-15,17-19,21,26,31,44,48H,16,20,22-25H2,1-2H3/b9-7+/t26-,31+,40+/m1/s1. The zero-order valence-corrected chi connectivity index (χ0v) is 28.0. The Balaban J connectivity index is 1.12. The van der Waals surface area contributed by atoms with Crippen LogP contribution < -0.4 is 19.3 Å². The maximum atomic E-state index is 14.3. The van der Waals surface area contributed by atoms with Crippen molar-refractivity contribution in [3.63, 3.8) is 0 Å². The third-order valence-electron chi connectivity index (χ3n) is 9.96. The number of hydrogen-bond donors (Lipinski definition) is 2. The van der Waals surface area contributed by atoms with Gasteiger partial charge in [-0.15, -0.1) is 0 Å². The third-order valence-corrected chi connectivity index (χ3v) is 9.96. The number of rotatable bonds is 9. The average Bonchev–Trinajstić information content (AvgIpc) is 3.35. The van der Waals surface area contributed by atoms with Crippen LogP contribution in [-0.4, -0.2) is 59.2 Å². The lowest BCUT2D eigenvalue weighted by molar-refractivity contribution is -0.139. The van der Waals surface area contributed by atoms with Gasteiger partial charge in [0.25, 0.3) is 11.8 Å². The number of hydrogen-bond acceptors (Lipinski definition) is 7. The molecule has 256 valence electrons. The SMILES string of the molecule is COc1ccc2c(c1)[C@@](O)([C@H](C)/C=C/CC(=O)N1Cc3ccccc3C[C@H]1CO)C(=O)N2Cc1cccc(N2C(=O)COc3ccccc32)c1. The molecule has 0 spiro atoms. The van der Waals surface area contributed by atoms with Crippen LogP contribution in [0.4, 0.5) is 17.1 Å². The highest BCUT2D eigenvalue weighted by molar-refractivity contribution is 6.07. The first kappa shape index (κ1) is 33.1. The topological polar surface area (TPSA) is 120 Å². The highest BCUT2D eigenvalue weighted by Crippen LogP contribution is 2.47. The Morgan fingerprint density at radius 2 is 1.78 bits per heavy atom. The summed E-state index contributed by atoms with van der Waals surface area (Å²) in [4.78, 5) is 45.5. The van der Waals surface area contributed by atoms with Gasteiger partial charge in [0, 0.05) is 30.1 Å². The van der Waals surface area contributed by atoms with Gasteiger partial charge < -0.3 is 29.5 Å². The molecule has 10 nitrogen and oxygen atoms in total. The Labute approximate surface area is 290 Å². The predicted molar refractivity (Wildman–Crippen MR) is 188 cm³/mol. The Hall–Kier alpha value is -5.45. The van der Waals surface area contributed by atoms with Gasteiger partial charge in [0.1, 0.15) is 11.5 Å². The lowest BCUT2D eigenvalue weighted by atomic mass is 9.82. The maximum absolute atomic E-state index is 14.3. The van der Waals surface area contributed by atoms with Crippen LogP contribution in [0.25, 0.3) is 0 Å². The summed E-state index contributed by atoms with van der Waals surface area (Å²) < 4.78 is 11.1. The zero-order valence-electron chi connectivity index (χ0n) is 28.0. The highest BCUT2D eigenvalue weighted by Gasteiger charge is 2.52. The first-order valence-electron chi connectivity index (χ1n) is 16.7. The van der Waals surface area contributed by atoms with Gasteiger partial charge in [0.05, 0.1) is 37.7 Å². The van der Waals surface area contributed by atoms with Gasteiger partial charge in [0.15, 0.2) is 12.2 Å². The molecule has 4 aromatic carbocycles. The monoisotopic (exact) mass is 673 g/mol. The number of carbonyl (C=O) groups is 3. The van der Waals surface area contributed by atoms with Crippen LogP contribution in [0.1, 0.15) is 35.6 Å². The van der Waals surface area contributed by atoms with Crippen molar-refractivity contribution in [3.8, 4) is 11.5 Å². The molecule has 3 amide bonds. The van der Waals surface area contributed by atoms with Gasteiger partial charge in [-0.1, -0.05) is 67.6 Å². The first-order chi connectivity index (χ1) is 24.2. The summed E-state index contributed by atoms with van der Waals surface area (Å²) in [5.74, 6) is -0.454. The van der Waals surface area contributed by atoms with Gasteiger partial charge in [-0.05, 0) is 65.6 Å². The number of methoxy groups -OCH3 is 1. The smallest absolute Gasteiger partial charge is 0.269 e. The van der Waals surface area contributed by atoms with Crippen LogP contribution in [0.2, 0.25) is 0 Å². The van der Waals surface area contributed by atoms with Gasteiger partial charge in [-0.3, -0.25) is 19.3 Å². The lowest BCUT2D eigenvalue weighted by Gasteiger charge is -2.36. The summed E-state index contributed by atoms with van der Waals surface area (Å²) in [5.41, 5.74) is 3.25. The van der Waals surface area contributed by atoms with Crippen LogP contribution in [0.3, 0.4) is 0 Å². The minimum absolute atomic E-state index is 0.0537. The number of carbonyl (C=O) groups excluding carboxylic acids is 3. The van der Waals surface area contributed by atoms with Crippen molar-refractivity contribution in [2.75, 3.05) is 30.1 Å². The van der Waals surface area contributed by atoms with E-state index in [4.69, 9.17) is 9.47 Å². The van der Waals surface area contributed by atoms with Gasteiger partial charge >= 0.3 is 0 Å². The van der Waals surface area contributed by atoms with Gasteiger partial charge in [-0.2, -0.15) is 0 Å². The second-order valence-corrected chi connectivity index (χ2v) is 12.9. The van der Waals surface area contributed by atoms with E-state index in [1.165, 1.54) is 7.11 Å². The number of benzene rings is 4. The molecule has 3 aliphatic rings. The Bertz CT molecular complexity index is 1990. The number of fused-ring (bicyclic) bond motifs is 3. The fraction of sp³-hybridized carbons (Fsp3) is 0.275. The van der Waals surface area contributed by atoms with Crippen molar-refractivity contribution in [1.29, 1.82) is 0 Å². The minimum Gasteiger partial charge on any atom is -0.497 e. The number of para-hydroxylation sites is 2. The Morgan fingerprint density at radius 3 is 2.58 bits per heavy atom. The van der Waals surface area contributed by atoms with E-state index in [0.717, 1.165) is 16.7 Å². The molecular formula is C40H39N3O7.